The van der Waals surface area contributed by atoms with Gasteiger partial charge in [0, 0.05) is 31.9 Å². The molecule has 0 aliphatic carbocycles. The fourth-order valence-electron chi connectivity index (χ4n) is 3.85. The molecule has 0 radical (unpaired) electrons. The highest BCUT2D eigenvalue weighted by Crippen LogP contribution is 2.36. The normalized spacial score (nSPS) is 11.9. The summed E-state index contributed by atoms with van der Waals surface area (Å²) in [4.78, 5) is 12.8. The lowest BCUT2D eigenvalue weighted by Gasteiger charge is -2.15. The topological polar surface area (TPSA) is 93.5 Å². The van der Waals surface area contributed by atoms with Crippen molar-refractivity contribution in [2.45, 2.75) is 24.2 Å². The molecule has 1 aromatic heterocycles. The number of benzene rings is 3. The molecule has 0 bridgehead atoms. The number of nitrogens with zero attached hydrogens (tertiary/aromatic N) is 3. The Labute approximate surface area is 236 Å². The highest BCUT2D eigenvalue weighted by atomic mass is 32.2. The number of carbonyl (C=O) groups excluding carboxylic acids is 1. The van der Waals surface area contributed by atoms with Gasteiger partial charge in [-0.05, 0) is 53.6 Å². The van der Waals surface area contributed by atoms with Crippen LogP contribution in [0.1, 0.15) is 5.56 Å². The Kier molecular flexibility index (Phi) is 8.52. The smallest absolute Gasteiger partial charge is 0.416 e. The molecule has 1 heterocycles. The molecular formula is C27H22F6N4O4S. The first-order chi connectivity index (χ1) is 19.6. The molecule has 1 amide bonds. The molecule has 0 atom stereocenters. The number of sulfonamides is 1. The highest BCUT2D eigenvalue weighted by Gasteiger charge is 2.32. The number of alkyl halides is 5. The minimum atomic E-state index is -4.80. The summed E-state index contributed by atoms with van der Waals surface area (Å²) in [5.41, 5.74) is -0.813. The number of amides is 1. The fourth-order valence-corrected chi connectivity index (χ4v) is 4.96. The second kappa shape index (κ2) is 11.8. The summed E-state index contributed by atoms with van der Waals surface area (Å²) in [6, 6.07) is 11.5. The lowest BCUT2D eigenvalue weighted by atomic mass is 10.0. The van der Waals surface area contributed by atoms with Gasteiger partial charge in [0.25, 0.3) is 10.0 Å². The average molecular weight is 613 g/mol. The van der Waals surface area contributed by atoms with Gasteiger partial charge in [-0.3, -0.25) is 14.2 Å². The maximum Gasteiger partial charge on any atom is 0.416 e. The maximum atomic E-state index is 14.2. The van der Waals surface area contributed by atoms with Crippen LogP contribution in [-0.4, -0.2) is 49.7 Å². The van der Waals surface area contributed by atoms with Crippen molar-refractivity contribution in [3.8, 4) is 28.1 Å². The Hall–Kier alpha value is -4.53. The molecular weight excluding hydrogens is 590 g/mol. The third-order valence-electron chi connectivity index (χ3n) is 5.88. The van der Waals surface area contributed by atoms with E-state index >= 15 is 0 Å². The highest BCUT2D eigenvalue weighted by molar-refractivity contribution is 7.92. The molecule has 4 rings (SSSR count). The lowest BCUT2D eigenvalue weighted by Crippen LogP contribution is -2.26. The fraction of sp³-hybridized carbons (Fsp3) is 0.185. The first-order valence-electron chi connectivity index (χ1n) is 12.0. The number of likely N-dealkylation sites (N-methyl/N-ethyl adjacent to an activating group) is 1. The van der Waals surface area contributed by atoms with Crippen molar-refractivity contribution in [2.75, 3.05) is 18.8 Å². The van der Waals surface area contributed by atoms with Gasteiger partial charge in [0.1, 0.15) is 18.1 Å². The molecule has 0 saturated heterocycles. The number of hydrogen-bond acceptors (Lipinski definition) is 5. The van der Waals surface area contributed by atoms with E-state index in [-0.39, 0.29) is 40.5 Å². The van der Waals surface area contributed by atoms with E-state index in [0.29, 0.717) is 6.07 Å². The number of nitrogens with one attached hydrogen (secondary N) is 1. The van der Waals surface area contributed by atoms with Crippen molar-refractivity contribution < 1.29 is 44.3 Å². The zero-order valence-corrected chi connectivity index (χ0v) is 22.7. The van der Waals surface area contributed by atoms with E-state index in [1.165, 1.54) is 40.0 Å². The number of ether oxygens (including phenoxy) is 1. The predicted octanol–water partition coefficient (Wildman–Crippen LogP) is 5.87. The summed E-state index contributed by atoms with van der Waals surface area (Å²) in [6.07, 6.45) is -3.33. The largest absolute Gasteiger partial charge is 0.435 e. The van der Waals surface area contributed by atoms with Crippen LogP contribution in [0.3, 0.4) is 0 Å². The van der Waals surface area contributed by atoms with Crippen molar-refractivity contribution in [1.29, 1.82) is 0 Å². The summed E-state index contributed by atoms with van der Waals surface area (Å²) in [7, 11) is -1.52. The van der Waals surface area contributed by atoms with Crippen LogP contribution in [0.5, 0.6) is 5.75 Å². The number of hydrogen-bond donors (Lipinski definition) is 1. The average Bonchev–Trinajstić information content (AvgIpc) is 3.35. The molecule has 222 valence electrons. The molecule has 0 unspecified atom stereocenters. The van der Waals surface area contributed by atoms with Gasteiger partial charge in [0.15, 0.2) is 0 Å². The van der Waals surface area contributed by atoms with Crippen molar-refractivity contribution >= 4 is 21.6 Å². The molecule has 0 saturated carbocycles. The van der Waals surface area contributed by atoms with Gasteiger partial charge in [-0.1, -0.05) is 18.2 Å². The molecule has 1 N–H and O–H groups in total. The molecule has 42 heavy (non-hydrogen) atoms. The molecule has 3 aromatic carbocycles. The summed E-state index contributed by atoms with van der Waals surface area (Å²) in [6.45, 7) is -3.36. The second-order valence-corrected chi connectivity index (χ2v) is 10.8. The SMILES string of the molecule is CN(C)C(=O)Cn1ccc(-c2ccc(-c3cc(F)cc(OC(F)F)c3)cc2NS(=O)(=O)c2cccc(C(F)(F)F)c2)n1. The van der Waals surface area contributed by atoms with Gasteiger partial charge in [0.05, 0.1) is 21.8 Å². The van der Waals surface area contributed by atoms with Crippen LogP contribution in [0.2, 0.25) is 0 Å². The number of halogens is 6. The zero-order chi connectivity index (χ0) is 30.8. The minimum absolute atomic E-state index is 0.0406. The Bertz CT molecular complexity index is 1720. The van der Waals surface area contributed by atoms with Crippen LogP contribution >= 0.6 is 0 Å². The van der Waals surface area contributed by atoms with E-state index < -0.39 is 44.8 Å². The first-order valence-corrected chi connectivity index (χ1v) is 13.4. The summed E-state index contributed by atoms with van der Waals surface area (Å²) in [5, 5.41) is 4.30. The van der Waals surface area contributed by atoms with Crippen molar-refractivity contribution in [1.82, 2.24) is 14.7 Å². The molecule has 0 aliphatic rings. The summed E-state index contributed by atoms with van der Waals surface area (Å²) in [5.74, 6) is -1.68. The Morgan fingerprint density at radius 2 is 1.76 bits per heavy atom. The van der Waals surface area contributed by atoms with E-state index in [4.69, 9.17) is 0 Å². The van der Waals surface area contributed by atoms with Gasteiger partial charge in [-0.15, -0.1) is 0 Å². The minimum Gasteiger partial charge on any atom is -0.435 e. The van der Waals surface area contributed by atoms with E-state index in [2.05, 4.69) is 14.6 Å². The Balaban J connectivity index is 1.81. The number of carbonyl (C=O) groups is 1. The van der Waals surface area contributed by atoms with Crippen molar-refractivity contribution in [2.24, 2.45) is 0 Å². The standard InChI is InChI=1S/C27H22F6N4O4S/c1-36(2)25(38)15-37-9-8-23(34-37)22-7-6-16(17-10-19(28)14-20(11-17)41-26(29)30)12-24(22)35-42(39,40)21-5-3-4-18(13-21)27(31,32)33/h3-14,26,35H,15H2,1-2H3. The number of rotatable bonds is 9. The monoisotopic (exact) mass is 612 g/mol. The van der Waals surface area contributed by atoms with Gasteiger partial charge in [-0.25, -0.2) is 12.8 Å². The lowest BCUT2D eigenvalue weighted by molar-refractivity contribution is -0.137. The number of anilines is 1. The first kappa shape index (κ1) is 30.4. The van der Waals surface area contributed by atoms with E-state index in [0.717, 1.165) is 36.4 Å². The Morgan fingerprint density at radius 3 is 2.43 bits per heavy atom. The predicted molar refractivity (Wildman–Crippen MR) is 141 cm³/mol. The second-order valence-electron chi connectivity index (χ2n) is 9.13. The number of aromatic nitrogens is 2. The maximum absolute atomic E-state index is 14.2. The molecule has 15 heteroatoms. The molecule has 0 spiro atoms. The summed E-state index contributed by atoms with van der Waals surface area (Å²) < 4.78 is 114. The van der Waals surface area contributed by atoms with Crippen LogP contribution < -0.4 is 9.46 Å². The third kappa shape index (κ3) is 7.21. The van der Waals surface area contributed by atoms with E-state index in [9.17, 15) is 39.6 Å². The van der Waals surface area contributed by atoms with Crippen LogP contribution in [0.15, 0.2) is 77.8 Å². The van der Waals surface area contributed by atoms with E-state index in [1.807, 2.05) is 0 Å². The third-order valence-corrected chi connectivity index (χ3v) is 7.24. The van der Waals surface area contributed by atoms with Gasteiger partial charge >= 0.3 is 12.8 Å². The summed E-state index contributed by atoms with van der Waals surface area (Å²) >= 11 is 0. The Morgan fingerprint density at radius 1 is 1.02 bits per heavy atom. The van der Waals surface area contributed by atoms with Crippen LogP contribution in [0.4, 0.5) is 32.0 Å². The van der Waals surface area contributed by atoms with Gasteiger partial charge < -0.3 is 9.64 Å². The molecule has 0 aliphatic heterocycles. The van der Waals surface area contributed by atoms with Crippen molar-refractivity contribution in [3.05, 3.63) is 84.3 Å². The molecule has 4 aromatic rings. The van der Waals surface area contributed by atoms with Crippen LogP contribution in [0, 0.1) is 5.82 Å². The van der Waals surface area contributed by atoms with Crippen LogP contribution in [0.25, 0.3) is 22.4 Å². The van der Waals surface area contributed by atoms with Crippen molar-refractivity contribution in [3.63, 3.8) is 0 Å². The zero-order valence-electron chi connectivity index (χ0n) is 21.9. The van der Waals surface area contributed by atoms with Gasteiger partial charge in [0.2, 0.25) is 5.91 Å². The molecule has 0 fully saturated rings. The van der Waals surface area contributed by atoms with Gasteiger partial charge in [-0.2, -0.15) is 27.1 Å². The van der Waals surface area contributed by atoms with Crippen LogP contribution in [-0.2, 0) is 27.5 Å². The quantitative estimate of drug-likeness (QED) is 0.239. The molecule has 8 nitrogen and oxygen atoms in total. The van der Waals surface area contributed by atoms with E-state index in [1.54, 1.807) is 14.1 Å².